The molecule has 3 aromatic carbocycles. The van der Waals surface area contributed by atoms with E-state index in [1.54, 1.807) is 6.26 Å². The molecule has 0 fully saturated rings. The molecule has 5 heteroatoms. The van der Waals surface area contributed by atoms with Crippen molar-refractivity contribution < 1.29 is 13.9 Å². The van der Waals surface area contributed by atoms with E-state index >= 15 is 0 Å². The number of fused-ring (bicyclic) bond motifs is 2. The van der Waals surface area contributed by atoms with Crippen LogP contribution in [0, 0.1) is 5.92 Å². The SMILES string of the molecule is CC(C)COc1ccc2ccccc2c1C1Nc2ccccc2C(=O)N1Cc1ccco1. The molecule has 1 aliphatic rings. The lowest BCUT2D eigenvalue weighted by Gasteiger charge is -2.38. The highest BCUT2D eigenvalue weighted by Gasteiger charge is 2.36. The molecule has 1 aliphatic heterocycles. The second kappa shape index (κ2) is 8.42. The summed E-state index contributed by atoms with van der Waals surface area (Å²) in [5.74, 6) is 1.86. The number of para-hydroxylation sites is 1. The number of carbonyl (C=O) groups is 1. The lowest BCUT2D eigenvalue weighted by molar-refractivity contribution is 0.0649. The monoisotopic (exact) mass is 426 g/mol. The van der Waals surface area contributed by atoms with E-state index < -0.39 is 6.17 Å². The van der Waals surface area contributed by atoms with Crippen LogP contribution in [0.3, 0.4) is 0 Å². The number of hydrogen-bond donors (Lipinski definition) is 1. The Morgan fingerprint density at radius 1 is 1.00 bits per heavy atom. The topological polar surface area (TPSA) is 54.7 Å². The van der Waals surface area contributed by atoms with Crippen molar-refractivity contribution >= 4 is 22.4 Å². The number of ether oxygens (including phenoxy) is 1. The van der Waals surface area contributed by atoms with Crippen LogP contribution in [-0.4, -0.2) is 17.4 Å². The molecule has 0 spiro atoms. The van der Waals surface area contributed by atoms with Crippen molar-refractivity contribution in [3.63, 3.8) is 0 Å². The molecule has 4 aromatic rings. The Morgan fingerprint density at radius 3 is 2.62 bits per heavy atom. The van der Waals surface area contributed by atoms with Gasteiger partial charge in [0.1, 0.15) is 17.7 Å². The lowest BCUT2D eigenvalue weighted by atomic mass is 9.97. The van der Waals surface area contributed by atoms with Crippen LogP contribution in [0.2, 0.25) is 0 Å². The Balaban J connectivity index is 1.68. The van der Waals surface area contributed by atoms with E-state index in [0.29, 0.717) is 24.6 Å². The molecule has 0 saturated carbocycles. The first kappa shape index (κ1) is 20.2. The van der Waals surface area contributed by atoms with Crippen LogP contribution in [0.25, 0.3) is 10.8 Å². The summed E-state index contributed by atoms with van der Waals surface area (Å²) in [6, 6.07) is 23.7. The van der Waals surface area contributed by atoms with E-state index in [9.17, 15) is 4.79 Å². The molecule has 162 valence electrons. The fraction of sp³-hybridized carbons (Fsp3) is 0.222. The van der Waals surface area contributed by atoms with E-state index in [1.807, 2.05) is 59.5 Å². The van der Waals surface area contributed by atoms with Gasteiger partial charge in [0, 0.05) is 11.3 Å². The van der Waals surface area contributed by atoms with E-state index in [0.717, 1.165) is 33.5 Å². The van der Waals surface area contributed by atoms with Gasteiger partial charge in [-0.25, -0.2) is 0 Å². The first-order chi connectivity index (χ1) is 15.6. The van der Waals surface area contributed by atoms with E-state index in [-0.39, 0.29) is 5.91 Å². The molecular formula is C27H26N2O3. The van der Waals surface area contributed by atoms with Gasteiger partial charge in [-0.15, -0.1) is 0 Å². The van der Waals surface area contributed by atoms with Gasteiger partial charge in [-0.3, -0.25) is 4.79 Å². The fourth-order valence-electron chi connectivity index (χ4n) is 4.19. The summed E-state index contributed by atoms with van der Waals surface area (Å²) in [5.41, 5.74) is 2.43. The van der Waals surface area contributed by atoms with E-state index in [4.69, 9.17) is 9.15 Å². The molecule has 0 saturated heterocycles. The standard InChI is InChI=1S/C27H26N2O3/c1-18(2)17-32-24-14-13-19-8-3-4-10-21(19)25(24)26-28-23-12-6-5-11-22(23)27(30)29(26)16-20-9-7-15-31-20/h3-15,18,26,28H,16-17H2,1-2H3. The average molecular weight is 427 g/mol. The maximum atomic E-state index is 13.6. The van der Waals surface area contributed by atoms with E-state index in [1.165, 1.54) is 0 Å². The number of nitrogens with one attached hydrogen (secondary N) is 1. The first-order valence-corrected chi connectivity index (χ1v) is 10.9. The number of benzene rings is 3. The van der Waals surface area contributed by atoms with Crippen molar-refractivity contribution in [3.05, 3.63) is 95.9 Å². The predicted octanol–water partition coefficient (Wildman–Crippen LogP) is 6.23. The third-order valence-electron chi connectivity index (χ3n) is 5.70. The summed E-state index contributed by atoms with van der Waals surface area (Å²) in [6.45, 7) is 5.20. The number of furan rings is 1. The Hall–Kier alpha value is -3.73. The predicted molar refractivity (Wildman–Crippen MR) is 126 cm³/mol. The molecule has 5 rings (SSSR count). The minimum atomic E-state index is -0.407. The molecule has 1 aromatic heterocycles. The van der Waals surface area contributed by atoms with Crippen LogP contribution in [0.4, 0.5) is 5.69 Å². The van der Waals surface area contributed by atoms with Gasteiger partial charge >= 0.3 is 0 Å². The molecule has 32 heavy (non-hydrogen) atoms. The number of anilines is 1. The van der Waals surface area contributed by atoms with Gasteiger partial charge in [-0.05, 0) is 47.0 Å². The van der Waals surface area contributed by atoms with Crippen LogP contribution >= 0.6 is 0 Å². The molecule has 1 amide bonds. The van der Waals surface area contributed by atoms with Gasteiger partial charge in [-0.2, -0.15) is 0 Å². The molecule has 1 atom stereocenters. The zero-order valence-corrected chi connectivity index (χ0v) is 18.2. The number of amides is 1. The Kier molecular flexibility index (Phi) is 5.31. The number of hydrogen-bond acceptors (Lipinski definition) is 4. The van der Waals surface area contributed by atoms with Crippen molar-refractivity contribution in [1.29, 1.82) is 0 Å². The third kappa shape index (κ3) is 3.71. The summed E-state index contributed by atoms with van der Waals surface area (Å²) < 4.78 is 11.9. The highest BCUT2D eigenvalue weighted by Crippen LogP contribution is 2.41. The quantitative estimate of drug-likeness (QED) is 0.397. The Bertz CT molecular complexity index is 1250. The van der Waals surface area contributed by atoms with Crippen LogP contribution in [-0.2, 0) is 6.54 Å². The number of nitrogens with zero attached hydrogens (tertiary/aromatic N) is 1. The summed E-state index contributed by atoms with van der Waals surface area (Å²) >= 11 is 0. The summed E-state index contributed by atoms with van der Waals surface area (Å²) in [4.78, 5) is 15.5. The second-order valence-corrected chi connectivity index (χ2v) is 8.51. The lowest BCUT2D eigenvalue weighted by Crippen LogP contribution is -2.42. The smallest absolute Gasteiger partial charge is 0.258 e. The highest BCUT2D eigenvalue weighted by atomic mass is 16.5. The van der Waals surface area contributed by atoms with Gasteiger partial charge in [0.05, 0.1) is 25.0 Å². The Morgan fingerprint density at radius 2 is 1.81 bits per heavy atom. The molecule has 1 N–H and O–H groups in total. The Labute approximate surface area is 187 Å². The summed E-state index contributed by atoms with van der Waals surface area (Å²) in [7, 11) is 0. The van der Waals surface area contributed by atoms with Gasteiger partial charge in [0.15, 0.2) is 0 Å². The molecule has 0 bridgehead atoms. The second-order valence-electron chi connectivity index (χ2n) is 8.51. The zero-order valence-electron chi connectivity index (χ0n) is 18.2. The van der Waals surface area contributed by atoms with Gasteiger partial charge < -0.3 is 19.4 Å². The zero-order chi connectivity index (χ0) is 22.1. The van der Waals surface area contributed by atoms with Crippen molar-refractivity contribution in [2.45, 2.75) is 26.6 Å². The normalized spacial score (nSPS) is 15.7. The first-order valence-electron chi connectivity index (χ1n) is 10.9. The largest absolute Gasteiger partial charge is 0.493 e. The van der Waals surface area contributed by atoms with Crippen LogP contribution in [0.1, 0.15) is 41.7 Å². The van der Waals surface area contributed by atoms with Crippen LogP contribution in [0.5, 0.6) is 5.75 Å². The maximum Gasteiger partial charge on any atom is 0.258 e. The average Bonchev–Trinajstić information content (AvgIpc) is 3.32. The van der Waals surface area contributed by atoms with Crippen molar-refractivity contribution in [1.82, 2.24) is 4.90 Å². The van der Waals surface area contributed by atoms with Gasteiger partial charge in [0.25, 0.3) is 5.91 Å². The van der Waals surface area contributed by atoms with Crippen molar-refractivity contribution in [2.75, 3.05) is 11.9 Å². The minimum absolute atomic E-state index is 0.0384. The van der Waals surface area contributed by atoms with Crippen molar-refractivity contribution in [3.8, 4) is 5.75 Å². The highest BCUT2D eigenvalue weighted by molar-refractivity contribution is 6.02. The maximum absolute atomic E-state index is 13.6. The van der Waals surface area contributed by atoms with Gasteiger partial charge in [-0.1, -0.05) is 56.3 Å². The molecule has 0 aliphatic carbocycles. The fourth-order valence-corrected chi connectivity index (χ4v) is 4.19. The molecule has 0 radical (unpaired) electrons. The third-order valence-corrected chi connectivity index (χ3v) is 5.70. The van der Waals surface area contributed by atoms with Crippen LogP contribution < -0.4 is 10.1 Å². The summed E-state index contributed by atoms with van der Waals surface area (Å²) in [6.07, 6.45) is 1.23. The van der Waals surface area contributed by atoms with E-state index in [2.05, 4.69) is 37.4 Å². The van der Waals surface area contributed by atoms with Crippen molar-refractivity contribution in [2.24, 2.45) is 5.92 Å². The molecular weight excluding hydrogens is 400 g/mol. The van der Waals surface area contributed by atoms with Crippen LogP contribution in [0.15, 0.2) is 83.5 Å². The number of rotatable bonds is 6. The molecule has 1 unspecified atom stereocenters. The molecule has 2 heterocycles. The minimum Gasteiger partial charge on any atom is -0.493 e. The number of carbonyl (C=O) groups excluding carboxylic acids is 1. The molecule has 5 nitrogen and oxygen atoms in total. The summed E-state index contributed by atoms with van der Waals surface area (Å²) in [5, 5.41) is 5.77. The van der Waals surface area contributed by atoms with Gasteiger partial charge in [0.2, 0.25) is 0 Å².